The predicted molar refractivity (Wildman–Crippen MR) is 116 cm³/mol. The summed E-state index contributed by atoms with van der Waals surface area (Å²) in [7, 11) is 0. The van der Waals surface area contributed by atoms with Crippen LogP contribution in [-0.4, -0.2) is 47.2 Å². The van der Waals surface area contributed by atoms with Crippen LogP contribution in [0.15, 0.2) is 48.5 Å². The topological polar surface area (TPSA) is 49.3 Å². The normalized spacial score (nSPS) is 14.1. The molecule has 30 heavy (non-hydrogen) atoms. The van der Waals surface area contributed by atoms with Gasteiger partial charge in [-0.05, 0) is 79.9 Å². The highest BCUT2D eigenvalue weighted by atomic mass is 19.1. The molecule has 6 heteroatoms. The van der Waals surface area contributed by atoms with Crippen molar-refractivity contribution in [2.24, 2.45) is 0 Å². The zero-order valence-corrected chi connectivity index (χ0v) is 17.5. The molecule has 3 aromatic rings. The SMILES string of the molecule is Cc1cc(C)c(-c2ccc(N3CCN(C(=O)c4ccc(F)cc4)CC3)nn2)cc1C. The van der Waals surface area contributed by atoms with Crippen molar-refractivity contribution in [1.29, 1.82) is 0 Å². The number of aromatic nitrogens is 2. The van der Waals surface area contributed by atoms with Crippen LogP contribution in [0.4, 0.5) is 10.2 Å². The third kappa shape index (κ3) is 4.03. The van der Waals surface area contributed by atoms with E-state index in [1.807, 2.05) is 12.1 Å². The fourth-order valence-corrected chi connectivity index (χ4v) is 3.79. The molecular weight excluding hydrogens is 379 g/mol. The smallest absolute Gasteiger partial charge is 0.253 e. The quantitative estimate of drug-likeness (QED) is 0.657. The van der Waals surface area contributed by atoms with Gasteiger partial charge in [-0.25, -0.2) is 4.39 Å². The Hall–Kier alpha value is -3.28. The van der Waals surface area contributed by atoms with Gasteiger partial charge in [0.2, 0.25) is 0 Å². The van der Waals surface area contributed by atoms with Crippen molar-refractivity contribution in [2.45, 2.75) is 20.8 Å². The van der Waals surface area contributed by atoms with Gasteiger partial charge in [0.1, 0.15) is 5.82 Å². The van der Waals surface area contributed by atoms with Crippen molar-refractivity contribution in [3.8, 4) is 11.3 Å². The van der Waals surface area contributed by atoms with E-state index in [4.69, 9.17) is 0 Å². The van der Waals surface area contributed by atoms with Crippen LogP contribution < -0.4 is 4.90 Å². The molecule has 0 N–H and O–H groups in total. The first kappa shape index (κ1) is 20.0. The van der Waals surface area contributed by atoms with Gasteiger partial charge in [-0.2, -0.15) is 0 Å². The fraction of sp³-hybridized carbons (Fsp3) is 0.292. The molecule has 154 valence electrons. The van der Waals surface area contributed by atoms with E-state index >= 15 is 0 Å². The monoisotopic (exact) mass is 404 g/mol. The maximum absolute atomic E-state index is 13.1. The third-order valence-corrected chi connectivity index (χ3v) is 5.75. The minimum Gasteiger partial charge on any atom is -0.352 e. The number of hydrogen-bond donors (Lipinski definition) is 0. The minimum atomic E-state index is -0.339. The summed E-state index contributed by atoms with van der Waals surface area (Å²) in [6.07, 6.45) is 0. The molecule has 5 nitrogen and oxygen atoms in total. The Morgan fingerprint density at radius 3 is 2.13 bits per heavy atom. The molecule has 1 fully saturated rings. The first-order valence-corrected chi connectivity index (χ1v) is 10.1. The van der Waals surface area contributed by atoms with Crippen molar-refractivity contribution in [3.05, 3.63) is 76.6 Å². The van der Waals surface area contributed by atoms with Crippen LogP contribution in [0.25, 0.3) is 11.3 Å². The Kier molecular flexibility index (Phi) is 5.48. The Morgan fingerprint density at radius 1 is 0.833 bits per heavy atom. The molecule has 0 saturated carbocycles. The van der Waals surface area contributed by atoms with Crippen LogP contribution in [0.1, 0.15) is 27.0 Å². The van der Waals surface area contributed by atoms with Gasteiger partial charge < -0.3 is 9.80 Å². The van der Waals surface area contributed by atoms with Crippen molar-refractivity contribution >= 4 is 11.7 Å². The summed E-state index contributed by atoms with van der Waals surface area (Å²) in [5, 5.41) is 8.90. The van der Waals surface area contributed by atoms with Crippen molar-refractivity contribution in [3.63, 3.8) is 0 Å². The molecule has 4 rings (SSSR count). The molecule has 0 aliphatic carbocycles. The number of anilines is 1. The number of rotatable bonds is 3. The van der Waals surface area contributed by atoms with Gasteiger partial charge in [0.25, 0.3) is 5.91 Å². The molecule has 0 radical (unpaired) electrons. The Morgan fingerprint density at radius 2 is 1.50 bits per heavy atom. The molecular formula is C24H25FN4O. The molecule has 0 bridgehead atoms. The molecule has 1 aliphatic heterocycles. The average Bonchev–Trinajstić information content (AvgIpc) is 2.77. The number of benzene rings is 2. The van der Waals surface area contributed by atoms with Gasteiger partial charge in [-0.3, -0.25) is 4.79 Å². The molecule has 0 unspecified atom stereocenters. The van der Waals surface area contributed by atoms with Crippen molar-refractivity contribution in [1.82, 2.24) is 15.1 Å². The van der Waals surface area contributed by atoms with Crippen LogP contribution in [-0.2, 0) is 0 Å². The molecule has 1 aromatic heterocycles. The van der Waals surface area contributed by atoms with Crippen LogP contribution in [0.3, 0.4) is 0 Å². The van der Waals surface area contributed by atoms with Gasteiger partial charge in [0.05, 0.1) is 5.69 Å². The lowest BCUT2D eigenvalue weighted by Crippen LogP contribution is -2.49. The predicted octanol–water partition coefficient (Wildman–Crippen LogP) is 4.17. The summed E-state index contributed by atoms with van der Waals surface area (Å²) in [5.74, 6) is 0.407. The van der Waals surface area contributed by atoms with E-state index in [0.29, 0.717) is 31.7 Å². The first-order valence-electron chi connectivity index (χ1n) is 10.1. The number of carbonyl (C=O) groups excluding carboxylic acids is 1. The molecule has 0 atom stereocenters. The Bertz CT molecular complexity index is 1060. The molecule has 1 aliphatic rings. The number of hydrogen-bond acceptors (Lipinski definition) is 4. The summed E-state index contributed by atoms with van der Waals surface area (Å²) in [6, 6.07) is 14.0. The fourth-order valence-electron chi connectivity index (χ4n) is 3.79. The third-order valence-electron chi connectivity index (χ3n) is 5.75. The number of nitrogens with zero attached hydrogens (tertiary/aromatic N) is 4. The molecule has 2 aromatic carbocycles. The van der Waals surface area contributed by atoms with Gasteiger partial charge in [0, 0.05) is 37.3 Å². The van der Waals surface area contributed by atoms with E-state index < -0.39 is 0 Å². The maximum atomic E-state index is 13.1. The second-order valence-corrected chi connectivity index (χ2v) is 7.81. The van der Waals surface area contributed by atoms with E-state index in [1.54, 1.807) is 4.90 Å². The van der Waals surface area contributed by atoms with Crippen LogP contribution in [0, 0.1) is 26.6 Å². The molecule has 2 heterocycles. The second-order valence-electron chi connectivity index (χ2n) is 7.81. The summed E-state index contributed by atoms with van der Waals surface area (Å²) < 4.78 is 13.1. The van der Waals surface area contributed by atoms with Crippen molar-refractivity contribution in [2.75, 3.05) is 31.1 Å². The minimum absolute atomic E-state index is 0.0682. The maximum Gasteiger partial charge on any atom is 0.253 e. The second kappa shape index (κ2) is 8.22. The summed E-state index contributed by atoms with van der Waals surface area (Å²) in [5.41, 5.74) is 6.18. The Labute approximate surface area is 176 Å². The zero-order chi connectivity index (χ0) is 21.3. The van der Waals surface area contributed by atoms with Crippen LogP contribution >= 0.6 is 0 Å². The standard InChI is InChI=1S/C24H25FN4O/c1-16-14-18(3)21(15-17(16)2)22-8-9-23(27-26-22)28-10-12-29(13-11-28)24(30)19-4-6-20(25)7-5-19/h4-9,14-15H,10-13H2,1-3H3. The summed E-state index contributed by atoms with van der Waals surface area (Å²) in [4.78, 5) is 16.5. The zero-order valence-electron chi connectivity index (χ0n) is 17.5. The van der Waals surface area contributed by atoms with E-state index in [0.717, 1.165) is 17.1 Å². The lowest BCUT2D eigenvalue weighted by Gasteiger charge is -2.35. The van der Waals surface area contributed by atoms with Crippen LogP contribution in [0.5, 0.6) is 0 Å². The lowest BCUT2D eigenvalue weighted by molar-refractivity contribution is 0.0746. The first-order chi connectivity index (χ1) is 14.4. The number of carbonyl (C=O) groups is 1. The summed E-state index contributed by atoms with van der Waals surface area (Å²) >= 11 is 0. The van der Waals surface area contributed by atoms with Crippen LogP contribution in [0.2, 0.25) is 0 Å². The highest BCUT2D eigenvalue weighted by Crippen LogP contribution is 2.25. The van der Waals surface area contributed by atoms with E-state index in [9.17, 15) is 9.18 Å². The number of halogens is 1. The average molecular weight is 404 g/mol. The van der Waals surface area contributed by atoms with E-state index in [-0.39, 0.29) is 11.7 Å². The van der Waals surface area contributed by atoms with Crippen molar-refractivity contribution < 1.29 is 9.18 Å². The van der Waals surface area contributed by atoms with Gasteiger partial charge in [-0.1, -0.05) is 6.07 Å². The van der Waals surface area contributed by atoms with Gasteiger partial charge in [0.15, 0.2) is 5.82 Å². The molecule has 1 saturated heterocycles. The number of aryl methyl sites for hydroxylation is 3. The highest BCUT2D eigenvalue weighted by Gasteiger charge is 2.23. The highest BCUT2D eigenvalue weighted by molar-refractivity contribution is 5.94. The summed E-state index contributed by atoms with van der Waals surface area (Å²) in [6.45, 7) is 8.86. The van der Waals surface area contributed by atoms with Gasteiger partial charge >= 0.3 is 0 Å². The number of amides is 1. The largest absolute Gasteiger partial charge is 0.352 e. The lowest BCUT2D eigenvalue weighted by atomic mass is 9.99. The molecule has 0 spiro atoms. The van der Waals surface area contributed by atoms with E-state index in [2.05, 4.69) is 48.0 Å². The van der Waals surface area contributed by atoms with E-state index in [1.165, 1.54) is 41.0 Å². The Balaban J connectivity index is 1.42. The molecule has 1 amide bonds. The number of piperazine rings is 1. The van der Waals surface area contributed by atoms with Gasteiger partial charge in [-0.15, -0.1) is 10.2 Å².